The maximum Gasteiger partial charge on any atom is 0.153 e. The van der Waals surface area contributed by atoms with E-state index in [9.17, 15) is 8.42 Å². The van der Waals surface area contributed by atoms with E-state index in [1.54, 1.807) is 0 Å². The Morgan fingerprint density at radius 1 is 1.25 bits per heavy atom. The highest BCUT2D eigenvalue weighted by Crippen LogP contribution is 2.34. The largest absolute Gasteiger partial charge is 0.309 e. The molecule has 1 aliphatic carbocycles. The van der Waals surface area contributed by atoms with Crippen molar-refractivity contribution in [1.82, 2.24) is 5.32 Å². The first-order valence-corrected chi connectivity index (χ1v) is 6.35. The first-order valence-electron chi connectivity index (χ1n) is 4.53. The number of sulfone groups is 1. The molecule has 1 saturated carbocycles. The first kappa shape index (κ1) is 8.51. The van der Waals surface area contributed by atoms with Crippen LogP contribution in [0.3, 0.4) is 0 Å². The van der Waals surface area contributed by atoms with Crippen LogP contribution in [0.5, 0.6) is 0 Å². The molecule has 4 heteroatoms. The van der Waals surface area contributed by atoms with E-state index in [0.717, 1.165) is 0 Å². The second-order valence-corrected chi connectivity index (χ2v) is 6.24. The van der Waals surface area contributed by atoms with Gasteiger partial charge in [-0.2, -0.15) is 0 Å². The van der Waals surface area contributed by atoms with Gasteiger partial charge in [0.2, 0.25) is 0 Å². The third-order valence-electron chi connectivity index (χ3n) is 2.63. The molecule has 0 aromatic carbocycles. The molecule has 2 atom stereocenters. The molecule has 12 heavy (non-hydrogen) atoms. The second kappa shape index (κ2) is 2.70. The SMILES string of the molecule is CC1CS(=O)(=O)CC(C2CC2)N1. The summed E-state index contributed by atoms with van der Waals surface area (Å²) in [6, 6.07) is 0.396. The van der Waals surface area contributed by atoms with Gasteiger partial charge in [0.1, 0.15) is 0 Å². The van der Waals surface area contributed by atoms with Crippen LogP contribution in [0, 0.1) is 5.92 Å². The van der Waals surface area contributed by atoms with E-state index in [1.807, 2.05) is 6.92 Å². The highest BCUT2D eigenvalue weighted by molar-refractivity contribution is 7.91. The van der Waals surface area contributed by atoms with Crippen molar-refractivity contribution in [1.29, 1.82) is 0 Å². The quantitative estimate of drug-likeness (QED) is 0.639. The van der Waals surface area contributed by atoms with Crippen molar-refractivity contribution in [3.8, 4) is 0 Å². The summed E-state index contributed by atoms with van der Waals surface area (Å²) in [5.74, 6) is 1.32. The van der Waals surface area contributed by atoms with Gasteiger partial charge in [-0.15, -0.1) is 0 Å². The van der Waals surface area contributed by atoms with Gasteiger partial charge in [-0.05, 0) is 25.7 Å². The number of rotatable bonds is 1. The Kier molecular flexibility index (Phi) is 1.92. The van der Waals surface area contributed by atoms with Crippen LogP contribution in [0.1, 0.15) is 19.8 Å². The van der Waals surface area contributed by atoms with E-state index in [1.165, 1.54) is 12.8 Å². The summed E-state index contributed by atoms with van der Waals surface area (Å²) in [6.45, 7) is 1.95. The third-order valence-corrected chi connectivity index (χ3v) is 4.50. The minimum atomic E-state index is -2.75. The fourth-order valence-electron chi connectivity index (χ4n) is 1.95. The molecule has 1 N–H and O–H groups in total. The highest BCUT2D eigenvalue weighted by atomic mass is 32.2. The molecule has 0 bridgehead atoms. The minimum absolute atomic E-state index is 0.148. The zero-order chi connectivity index (χ0) is 8.77. The van der Waals surface area contributed by atoms with Crippen molar-refractivity contribution in [3.05, 3.63) is 0 Å². The molecule has 0 aromatic rings. The molecule has 0 spiro atoms. The fourth-order valence-corrected chi connectivity index (χ4v) is 3.86. The second-order valence-electron chi connectivity index (χ2n) is 4.09. The van der Waals surface area contributed by atoms with E-state index in [4.69, 9.17) is 0 Å². The number of nitrogens with one attached hydrogen (secondary N) is 1. The Morgan fingerprint density at radius 2 is 1.92 bits per heavy atom. The topological polar surface area (TPSA) is 46.2 Å². The van der Waals surface area contributed by atoms with Crippen LogP contribution in [0.15, 0.2) is 0 Å². The number of hydrogen-bond acceptors (Lipinski definition) is 3. The molecule has 70 valence electrons. The molecule has 2 aliphatic rings. The Balaban J connectivity index is 2.08. The van der Waals surface area contributed by atoms with Gasteiger partial charge in [-0.3, -0.25) is 0 Å². The molecule has 2 rings (SSSR count). The van der Waals surface area contributed by atoms with Gasteiger partial charge in [0.25, 0.3) is 0 Å². The lowest BCUT2D eigenvalue weighted by Gasteiger charge is -2.28. The predicted octanol–water partition coefficient (Wildman–Crippen LogP) is 0.172. The highest BCUT2D eigenvalue weighted by Gasteiger charge is 2.38. The summed E-state index contributed by atoms with van der Waals surface area (Å²) in [5, 5.41) is 3.35. The Hall–Kier alpha value is -0.0900. The monoisotopic (exact) mass is 189 g/mol. The molecule has 2 unspecified atom stereocenters. The summed E-state index contributed by atoms with van der Waals surface area (Å²) in [4.78, 5) is 0. The zero-order valence-electron chi connectivity index (χ0n) is 7.29. The van der Waals surface area contributed by atoms with Gasteiger partial charge in [0.05, 0.1) is 11.5 Å². The molecule has 1 aliphatic heterocycles. The molecule has 0 amide bonds. The summed E-state index contributed by atoms with van der Waals surface area (Å²) in [6.07, 6.45) is 2.42. The van der Waals surface area contributed by atoms with Crippen LogP contribution in [0.25, 0.3) is 0 Å². The Labute approximate surface area is 73.5 Å². The van der Waals surface area contributed by atoms with Gasteiger partial charge < -0.3 is 5.32 Å². The smallest absolute Gasteiger partial charge is 0.153 e. The molecule has 0 radical (unpaired) electrons. The third kappa shape index (κ3) is 1.80. The Bertz CT molecular complexity index is 269. The Morgan fingerprint density at radius 3 is 2.42 bits per heavy atom. The summed E-state index contributed by atoms with van der Waals surface area (Å²) in [7, 11) is -2.75. The molecule has 1 heterocycles. The van der Waals surface area contributed by atoms with Gasteiger partial charge in [-0.1, -0.05) is 0 Å². The number of hydrogen-bond donors (Lipinski definition) is 1. The first-order chi connectivity index (χ1) is 5.57. The average molecular weight is 189 g/mol. The van der Waals surface area contributed by atoms with E-state index in [0.29, 0.717) is 17.4 Å². The van der Waals surface area contributed by atoms with E-state index in [2.05, 4.69) is 5.32 Å². The zero-order valence-corrected chi connectivity index (χ0v) is 8.10. The van der Waals surface area contributed by atoms with E-state index < -0.39 is 9.84 Å². The van der Waals surface area contributed by atoms with Gasteiger partial charge in [0.15, 0.2) is 9.84 Å². The normalized spacial score (nSPS) is 41.1. The van der Waals surface area contributed by atoms with Crippen molar-refractivity contribution in [3.63, 3.8) is 0 Å². The lowest BCUT2D eigenvalue weighted by Crippen LogP contribution is -2.51. The minimum Gasteiger partial charge on any atom is -0.309 e. The molecule has 1 saturated heterocycles. The van der Waals surface area contributed by atoms with Crippen LogP contribution in [-0.2, 0) is 9.84 Å². The molecular weight excluding hydrogens is 174 g/mol. The van der Waals surface area contributed by atoms with Gasteiger partial charge in [0, 0.05) is 12.1 Å². The van der Waals surface area contributed by atoms with Crippen LogP contribution in [-0.4, -0.2) is 32.0 Å². The predicted molar refractivity (Wildman–Crippen MR) is 47.8 cm³/mol. The molecule has 0 aromatic heterocycles. The van der Waals surface area contributed by atoms with Crippen molar-refractivity contribution in [2.24, 2.45) is 5.92 Å². The van der Waals surface area contributed by atoms with Crippen LogP contribution in [0.2, 0.25) is 0 Å². The molecule has 2 fully saturated rings. The fraction of sp³-hybridized carbons (Fsp3) is 1.00. The van der Waals surface area contributed by atoms with Crippen molar-refractivity contribution in [2.45, 2.75) is 31.8 Å². The van der Waals surface area contributed by atoms with Crippen molar-refractivity contribution in [2.75, 3.05) is 11.5 Å². The maximum absolute atomic E-state index is 11.4. The standard InChI is InChI=1S/C8H15NO2S/c1-6-4-12(10,11)5-8(9-6)7-2-3-7/h6-9H,2-5H2,1H3. The average Bonchev–Trinajstić information content (AvgIpc) is 2.61. The van der Waals surface area contributed by atoms with E-state index >= 15 is 0 Å². The lowest BCUT2D eigenvalue weighted by atomic mass is 10.2. The lowest BCUT2D eigenvalue weighted by molar-refractivity contribution is 0.425. The van der Waals surface area contributed by atoms with Crippen LogP contribution in [0.4, 0.5) is 0 Å². The van der Waals surface area contributed by atoms with E-state index in [-0.39, 0.29) is 12.1 Å². The summed E-state index contributed by atoms with van der Waals surface area (Å²) < 4.78 is 22.7. The van der Waals surface area contributed by atoms with Gasteiger partial charge >= 0.3 is 0 Å². The van der Waals surface area contributed by atoms with Gasteiger partial charge in [-0.25, -0.2) is 8.42 Å². The van der Waals surface area contributed by atoms with Crippen LogP contribution < -0.4 is 5.32 Å². The summed E-state index contributed by atoms with van der Waals surface area (Å²) >= 11 is 0. The van der Waals surface area contributed by atoms with Crippen molar-refractivity contribution >= 4 is 9.84 Å². The molecule has 3 nitrogen and oxygen atoms in total. The molecular formula is C8H15NO2S. The summed E-state index contributed by atoms with van der Waals surface area (Å²) in [5.41, 5.74) is 0. The van der Waals surface area contributed by atoms with Crippen LogP contribution >= 0.6 is 0 Å². The van der Waals surface area contributed by atoms with Crippen molar-refractivity contribution < 1.29 is 8.42 Å². The maximum atomic E-state index is 11.4.